The van der Waals surface area contributed by atoms with E-state index in [1.807, 2.05) is 11.3 Å². The number of rotatable bonds is 6. The van der Waals surface area contributed by atoms with Crippen molar-refractivity contribution in [2.75, 3.05) is 4.90 Å². The molecular weight excluding hydrogens is 815 g/mol. The molecule has 0 saturated carbocycles. The molecule has 1 aromatic heterocycles. The quantitative estimate of drug-likeness (QED) is 0.161. The minimum Gasteiger partial charge on any atom is -0.309 e. The summed E-state index contributed by atoms with van der Waals surface area (Å²) >= 11 is 1.87. The lowest BCUT2D eigenvalue weighted by molar-refractivity contribution is 0.563. The Kier molecular flexibility index (Phi) is 8.72. The zero-order valence-electron chi connectivity index (χ0n) is 36.9. The Hall–Kier alpha value is -7.78. The van der Waals surface area contributed by atoms with Crippen LogP contribution in [0.25, 0.3) is 64.7 Å². The second kappa shape index (κ2) is 14.9. The molecule has 0 amide bonds. The van der Waals surface area contributed by atoms with Crippen LogP contribution in [-0.4, -0.2) is 0 Å². The maximum atomic E-state index is 2.57. The van der Waals surface area contributed by atoms with Crippen molar-refractivity contribution in [2.24, 2.45) is 0 Å². The zero-order chi connectivity index (χ0) is 44.0. The molecule has 0 radical (unpaired) electrons. The molecule has 10 aromatic carbocycles. The fraction of sp³-hybridized carbons (Fsp3) is 0.0625. The fourth-order valence-corrected chi connectivity index (χ4v) is 12.9. The van der Waals surface area contributed by atoms with Crippen LogP contribution in [0.4, 0.5) is 17.1 Å². The van der Waals surface area contributed by atoms with Crippen LogP contribution in [0.1, 0.15) is 47.2 Å². The van der Waals surface area contributed by atoms with Crippen LogP contribution in [-0.2, 0) is 10.8 Å². The lowest BCUT2D eigenvalue weighted by Crippen LogP contribution is -2.40. The minimum absolute atomic E-state index is 0.180. The van der Waals surface area contributed by atoms with Gasteiger partial charge in [-0.1, -0.05) is 214 Å². The van der Waals surface area contributed by atoms with Crippen LogP contribution in [0.3, 0.4) is 0 Å². The number of thiophene rings is 1. The molecule has 0 aliphatic heterocycles. The van der Waals surface area contributed by atoms with Gasteiger partial charge in [0.1, 0.15) is 0 Å². The van der Waals surface area contributed by atoms with Gasteiger partial charge in [0.25, 0.3) is 0 Å². The number of benzene rings is 10. The Morgan fingerprint density at radius 2 is 0.818 bits per heavy atom. The maximum Gasteiger partial charge on any atom is 0.0720 e. The largest absolute Gasteiger partial charge is 0.309 e. The first kappa shape index (κ1) is 38.7. The summed E-state index contributed by atoms with van der Waals surface area (Å²) in [5, 5.41) is 2.54. The summed E-state index contributed by atoms with van der Waals surface area (Å²) in [5.74, 6) is 0. The van der Waals surface area contributed by atoms with Crippen molar-refractivity contribution in [1.82, 2.24) is 0 Å². The smallest absolute Gasteiger partial charge is 0.0720 e. The van der Waals surface area contributed by atoms with E-state index in [1.165, 1.54) is 98.1 Å². The number of nitrogens with zero attached hydrogens (tertiary/aromatic N) is 1. The van der Waals surface area contributed by atoms with Crippen molar-refractivity contribution in [3.05, 3.63) is 270 Å². The van der Waals surface area contributed by atoms with E-state index in [9.17, 15) is 0 Å². The van der Waals surface area contributed by atoms with E-state index in [-0.39, 0.29) is 5.41 Å². The lowest BCUT2D eigenvalue weighted by atomic mass is 9.55. The second-order valence-electron chi connectivity index (χ2n) is 18.3. The van der Waals surface area contributed by atoms with Crippen molar-refractivity contribution in [1.29, 1.82) is 0 Å². The first-order valence-electron chi connectivity index (χ1n) is 23.0. The summed E-state index contributed by atoms with van der Waals surface area (Å²) in [7, 11) is 0. The number of fused-ring (bicyclic) bond motifs is 12. The number of hydrogen-bond donors (Lipinski definition) is 0. The summed E-state index contributed by atoms with van der Waals surface area (Å²) in [6.07, 6.45) is 0. The van der Waals surface area contributed by atoms with Crippen LogP contribution in [0.2, 0.25) is 0 Å². The van der Waals surface area contributed by atoms with E-state index >= 15 is 0 Å². The highest BCUT2D eigenvalue weighted by atomic mass is 32.1. The van der Waals surface area contributed by atoms with E-state index in [4.69, 9.17) is 0 Å². The van der Waals surface area contributed by atoms with Crippen molar-refractivity contribution >= 4 is 48.6 Å². The van der Waals surface area contributed by atoms with Crippen LogP contribution < -0.4 is 4.90 Å². The Morgan fingerprint density at radius 1 is 0.333 bits per heavy atom. The number of para-hydroxylation sites is 1. The molecule has 0 unspecified atom stereocenters. The molecule has 13 rings (SSSR count). The van der Waals surface area contributed by atoms with Gasteiger partial charge in [0.05, 0.1) is 16.8 Å². The van der Waals surface area contributed by atoms with Crippen molar-refractivity contribution in [3.8, 4) is 44.5 Å². The van der Waals surface area contributed by atoms with E-state index in [1.54, 1.807) is 0 Å². The first-order valence-corrected chi connectivity index (χ1v) is 23.8. The standard InChI is InChI=1S/C64H45NS/c1-63(2)53-31-14-16-33-55(53)64(56-34-17-15-32-54(56)63)52-30-13-10-27-48(52)49-40-39-43(41-57(49)64)65(59-36-20-38-61-62(59)51-29-12-19-37-60(51)66-61)58-35-18-11-28-50(58)47-26-9-8-25-46(47)45-24-7-6-23-44(45)42-21-4-3-5-22-42/h3-41H,1-2H3. The van der Waals surface area contributed by atoms with Gasteiger partial charge in [0, 0.05) is 36.8 Å². The Morgan fingerprint density at radius 3 is 1.53 bits per heavy atom. The minimum atomic E-state index is -0.523. The van der Waals surface area contributed by atoms with Gasteiger partial charge < -0.3 is 4.90 Å². The highest BCUT2D eigenvalue weighted by molar-refractivity contribution is 7.26. The number of anilines is 3. The van der Waals surface area contributed by atoms with Crippen LogP contribution in [0, 0.1) is 0 Å². The molecule has 0 bridgehead atoms. The molecular formula is C64H45NS. The summed E-state index contributed by atoms with van der Waals surface area (Å²) in [5.41, 5.74) is 20.6. The van der Waals surface area contributed by atoms with Gasteiger partial charge in [-0.2, -0.15) is 0 Å². The molecule has 2 aliphatic carbocycles. The molecule has 1 heterocycles. The third-order valence-electron chi connectivity index (χ3n) is 14.6. The van der Waals surface area contributed by atoms with E-state index in [2.05, 4.69) is 255 Å². The highest BCUT2D eigenvalue weighted by Crippen LogP contribution is 2.63. The number of hydrogen-bond acceptors (Lipinski definition) is 2. The maximum absolute atomic E-state index is 2.57. The average molecular weight is 860 g/mol. The van der Waals surface area contributed by atoms with Gasteiger partial charge in [-0.15, -0.1) is 11.3 Å². The molecule has 66 heavy (non-hydrogen) atoms. The van der Waals surface area contributed by atoms with Crippen LogP contribution >= 0.6 is 11.3 Å². The van der Waals surface area contributed by atoms with Crippen molar-refractivity contribution in [3.63, 3.8) is 0 Å². The zero-order valence-corrected chi connectivity index (χ0v) is 37.7. The second-order valence-corrected chi connectivity index (χ2v) is 19.4. The monoisotopic (exact) mass is 859 g/mol. The van der Waals surface area contributed by atoms with Crippen LogP contribution in [0.5, 0.6) is 0 Å². The molecule has 312 valence electrons. The van der Waals surface area contributed by atoms with E-state index in [0.717, 1.165) is 17.1 Å². The Labute approximate surface area is 390 Å². The SMILES string of the molecule is CC1(C)c2ccccc2C2(c3ccccc3-c3ccc(N(c4ccccc4-c4ccccc4-c4ccccc4-c4ccccc4)c4cccc5sc6ccccc6c45)cc32)c2ccccc21. The van der Waals surface area contributed by atoms with Crippen LogP contribution in [0.15, 0.2) is 237 Å². The van der Waals surface area contributed by atoms with Crippen molar-refractivity contribution in [2.45, 2.75) is 24.7 Å². The third-order valence-corrected chi connectivity index (χ3v) is 15.7. The lowest BCUT2D eigenvalue weighted by Gasteiger charge is -2.46. The molecule has 0 atom stereocenters. The molecule has 11 aromatic rings. The molecule has 2 aliphatic rings. The predicted molar refractivity (Wildman–Crippen MR) is 280 cm³/mol. The first-order chi connectivity index (χ1) is 32.5. The summed E-state index contributed by atoms with van der Waals surface area (Å²) in [4.78, 5) is 2.57. The van der Waals surface area contributed by atoms with Gasteiger partial charge in [-0.05, 0) is 109 Å². The topological polar surface area (TPSA) is 3.24 Å². The summed E-state index contributed by atoms with van der Waals surface area (Å²) in [6.45, 7) is 4.80. The molecule has 1 spiro atoms. The average Bonchev–Trinajstić information content (AvgIpc) is 3.91. The van der Waals surface area contributed by atoms with E-state index in [0.29, 0.717) is 0 Å². The van der Waals surface area contributed by atoms with E-state index < -0.39 is 5.41 Å². The molecule has 2 heteroatoms. The molecule has 1 nitrogen and oxygen atoms in total. The van der Waals surface area contributed by atoms with Crippen molar-refractivity contribution < 1.29 is 0 Å². The third kappa shape index (κ3) is 5.52. The molecule has 0 saturated heterocycles. The van der Waals surface area contributed by atoms with Gasteiger partial charge in [0.2, 0.25) is 0 Å². The van der Waals surface area contributed by atoms with Gasteiger partial charge in [0.15, 0.2) is 0 Å². The molecule has 0 N–H and O–H groups in total. The molecule has 0 fully saturated rings. The van der Waals surface area contributed by atoms with Gasteiger partial charge in [-0.25, -0.2) is 0 Å². The normalized spacial score (nSPS) is 13.8. The summed E-state index contributed by atoms with van der Waals surface area (Å²) in [6, 6.07) is 88.4. The highest BCUT2D eigenvalue weighted by Gasteiger charge is 2.53. The van der Waals surface area contributed by atoms with Gasteiger partial charge in [-0.3, -0.25) is 0 Å². The Bertz CT molecular complexity index is 3650. The predicted octanol–water partition coefficient (Wildman–Crippen LogP) is 17.5. The van der Waals surface area contributed by atoms with Gasteiger partial charge >= 0.3 is 0 Å². The summed E-state index contributed by atoms with van der Waals surface area (Å²) < 4.78 is 2.56. The Balaban J connectivity index is 1.11. The fourth-order valence-electron chi connectivity index (χ4n) is 11.8.